The van der Waals surface area contributed by atoms with Crippen LogP contribution in [-0.2, 0) is 4.79 Å². The highest BCUT2D eigenvalue weighted by Gasteiger charge is 2.13. The Labute approximate surface area is 137 Å². The first-order valence-electron chi connectivity index (χ1n) is 7.62. The number of carbonyl (C=O) groups is 1. The molecule has 0 bridgehead atoms. The molecule has 0 aromatic heterocycles. The van der Waals surface area contributed by atoms with Crippen LogP contribution in [0, 0.1) is 20.8 Å². The first-order chi connectivity index (χ1) is 11.0. The number of esters is 1. The van der Waals surface area contributed by atoms with Gasteiger partial charge in [0.2, 0.25) is 0 Å². The Morgan fingerprint density at radius 2 is 1.78 bits per heavy atom. The second-order valence-corrected chi connectivity index (χ2v) is 5.49. The molecule has 0 saturated heterocycles. The molecule has 2 aromatic carbocycles. The van der Waals surface area contributed by atoms with E-state index in [4.69, 9.17) is 9.47 Å². The van der Waals surface area contributed by atoms with E-state index in [1.165, 1.54) is 6.92 Å². The van der Waals surface area contributed by atoms with Gasteiger partial charge in [-0.15, -0.1) is 0 Å². The van der Waals surface area contributed by atoms with E-state index >= 15 is 0 Å². The monoisotopic (exact) mass is 310 g/mol. The SMILES string of the molecule is CC(=O)Oc1c(C)cc(OC/C=C/c2ccccc2)c(C)c1C. The molecule has 0 unspecified atom stereocenters. The van der Waals surface area contributed by atoms with E-state index < -0.39 is 0 Å². The summed E-state index contributed by atoms with van der Waals surface area (Å²) >= 11 is 0. The van der Waals surface area contributed by atoms with E-state index in [0.717, 1.165) is 28.0 Å². The average molecular weight is 310 g/mol. The molecule has 120 valence electrons. The fourth-order valence-corrected chi connectivity index (χ4v) is 2.36. The Morgan fingerprint density at radius 1 is 1.09 bits per heavy atom. The maximum atomic E-state index is 11.2. The molecule has 0 spiro atoms. The lowest BCUT2D eigenvalue weighted by Crippen LogP contribution is -2.06. The summed E-state index contributed by atoms with van der Waals surface area (Å²) in [6, 6.07) is 12.0. The minimum absolute atomic E-state index is 0.310. The first-order valence-corrected chi connectivity index (χ1v) is 7.62. The van der Waals surface area contributed by atoms with Crippen molar-refractivity contribution in [2.45, 2.75) is 27.7 Å². The normalized spacial score (nSPS) is 10.8. The van der Waals surface area contributed by atoms with Gasteiger partial charge in [0.05, 0.1) is 0 Å². The molecule has 3 heteroatoms. The summed E-state index contributed by atoms with van der Waals surface area (Å²) < 4.78 is 11.1. The zero-order valence-corrected chi connectivity index (χ0v) is 14.1. The molecule has 0 radical (unpaired) electrons. The molecule has 0 aliphatic heterocycles. The lowest BCUT2D eigenvalue weighted by Gasteiger charge is -2.16. The van der Waals surface area contributed by atoms with Crippen molar-refractivity contribution in [2.24, 2.45) is 0 Å². The molecule has 0 N–H and O–H groups in total. The van der Waals surface area contributed by atoms with Crippen molar-refractivity contribution in [1.82, 2.24) is 0 Å². The number of ether oxygens (including phenoxy) is 2. The molecular weight excluding hydrogens is 288 g/mol. The van der Waals surface area contributed by atoms with E-state index in [0.29, 0.717) is 12.4 Å². The molecule has 2 aromatic rings. The van der Waals surface area contributed by atoms with Gasteiger partial charge in [-0.25, -0.2) is 0 Å². The Balaban J connectivity index is 2.09. The maximum absolute atomic E-state index is 11.2. The number of carbonyl (C=O) groups excluding carboxylic acids is 1. The predicted molar refractivity (Wildman–Crippen MR) is 92.9 cm³/mol. The van der Waals surface area contributed by atoms with Crippen LogP contribution in [0.25, 0.3) is 6.08 Å². The smallest absolute Gasteiger partial charge is 0.308 e. The molecule has 0 atom stereocenters. The number of hydrogen-bond acceptors (Lipinski definition) is 3. The molecule has 2 rings (SSSR count). The van der Waals surface area contributed by atoms with Gasteiger partial charge in [0, 0.05) is 6.92 Å². The number of benzene rings is 2. The van der Waals surface area contributed by atoms with Crippen molar-refractivity contribution < 1.29 is 14.3 Å². The van der Waals surface area contributed by atoms with Gasteiger partial charge in [-0.2, -0.15) is 0 Å². The molecule has 0 fully saturated rings. The second-order valence-electron chi connectivity index (χ2n) is 5.49. The minimum Gasteiger partial charge on any atom is -0.489 e. The summed E-state index contributed by atoms with van der Waals surface area (Å²) in [5.41, 5.74) is 3.96. The molecule has 3 nitrogen and oxygen atoms in total. The van der Waals surface area contributed by atoms with Crippen LogP contribution in [0.15, 0.2) is 42.5 Å². The number of aryl methyl sites for hydroxylation is 1. The molecule has 0 heterocycles. The van der Waals surface area contributed by atoms with Crippen LogP contribution in [0.5, 0.6) is 11.5 Å². The molecule has 0 amide bonds. The van der Waals surface area contributed by atoms with Crippen LogP contribution in [0.4, 0.5) is 0 Å². The molecule has 23 heavy (non-hydrogen) atoms. The zero-order chi connectivity index (χ0) is 16.8. The van der Waals surface area contributed by atoms with Crippen molar-refractivity contribution in [3.05, 3.63) is 64.7 Å². The van der Waals surface area contributed by atoms with Crippen LogP contribution >= 0.6 is 0 Å². The third kappa shape index (κ3) is 4.46. The van der Waals surface area contributed by atoms with Gasteiger partial charge < -0.3 is 9.47 Å². The Hall–Kier alpha value is -2.55. The van der Waals surface area contributed by atoms with Crippen molar-refractivity contribution in [2.75, 3.05) is 6.61 Å². The molecule has 0 aliphatic carbocycles. The van der Waals surface area contributed by atoms with Gasteiger partial charge in [0.1, 0.15) is 18.1 Å². The topological polar surface area (TPSA) is 35.5 Å². The fraction of sp³-hybridized carbons (Fsp3) is 0.250. The van der Waals surface area contributed by atoms with Gasteiger partial charge in [-0.05, 0) is 55.2 Å². The van der Waals surface area contributed by atoms with Crippen LogP contribution in [-0.4, -0.2) is 12.6 Å². The van der Waals surface area contributed by atoms with Crippen molar-refractivity contribution in [3.8, 4) is 11.5 Å². The lowest BCUT2D eigenvalue weighted by molar-refractivity contribution is -0.131. The highest BCUT2D eigenvalue weighted by Crippen LogP contribution is 2.33. The van der Waals surface area contributed by atoms with Gasteiger partial charge in [-0.3, -0.25) is 4.79 Å². The van der Waals surface area contributed by atoms with Crippen molar-refractivity contribution in [1.29, 1.82) is 0 Å². The highest BCUT2D eigenvalue weighted by atomic mass is 16.5. The summed E-state index contributed by atoms with van der Waals surface area (Å²) in [5, 5.41) is 0. The van der Waals surface area contributed by atoms with Crippen LogP contribution in [0.3, 0.4) is 0 Å². The lowest BCUT2D eigenvalue weighted by atomic mass is 10.0. The van der Waals surface area contributed by atoms with Crippen molar-refractivity contribution >= 4 is 12.0 Å². The third-order valence-electron chi connectivity index (χ3n) is 3.67. The van der Waals surface area contributed by atoms with Gasteiger partial charge in [0.25, 0.3) is 0 Å². The number of hydrogen-bond donors (Lipinski definition) is 0. The van der Waals surface area contributed by atoms with E-state index in [9.17, 15) is 4.79 Å². The van der Waals surface area contributed by atoms with Crippen LogP contribution in [0.2, 0.25) is 0 Å². The van der Waals surface area contributed by atoms with E-state index in [1.54, 1.807) is 0 Å². The summed E-state index contributed by atoms with van der Waals surface area (Å²) in [6.07, 6.45) is 4.02. The van der Waals surface area contributed by atoms with Gasteiger partial charge in [-0.1, -0.05) is 36.4 Å². The Bertz CT molecular complexity index is 715. The molecular formula is C20H22O3. The fourth-order valence-electron chi connectivity index (χ4n) is 2.36. The summed E-state index contributed by atoms with van der Waals surface area (Å²) in [7, 11) is 0. The Morgan fingerprint density at radius 3 is 2.43 bits per heavy atom. The minimum atomic E-state index is -0.310. The largest absolute Gasteiger partial charge is 0.489 e. The highest BCUT2D eigenvalue weighted by molar-refractivity contribution is 5.71. The standard InChI is InChI=1S/C20H22O3/c1-14-13-19(15(2)16(3)20(14)23-17(4)21)22-12-8-11-18-9-6-5-7-10-18/h5-11,13H,12H2,1-4H3/b11-8+. The Kier molecular flexibility index (Phi) is 5.58. The van der Waals surface area contributed by atoms with E-state index in [2.05, 4.69) is 0 Å². The summed E-state index contributed by atoms with van der Waals surface area (Å²) in [4.78, 5) is 11.2. The average Bonchev–Trinajstić information content (AvgIpc) is 2.53. The maximum Gasteiger partial charge on any atom is 0.308 e. The van der Waals surface area contributed by atoms with Crippen LogP contribution in [0.1, 0.15) is 29.2 Å². The van der Waals surface area contributed by atoms with Crippen LogP contribution < -0.4 is 9.47 Å². The van der Waals surface area contributed by atoms with Gasteiger partial charge >= 0.3 is 5.97 Å². The third-order valence-corrected chi connectivity index (χ3v) is 3.67. The van der Waals surface area contributed by atoms with E-state index in [1.807, 2.05) is 69.3 Å². The summed E-state index contributed by atoms with van der Waals surface area (Å²) in [5.74, 6) is 1.13. The predicted octanol–water partition coefficient (Wildman–Crippen LogP) is 4.63. The number of rotatable bonds is 5. The van der Waals surface area contributed by atoms with E-state index in [-0.39, 0.29) is 5.97 Å². The second kappa shape index (κ2) is 7.63. The quantitative estimate of drug-likeness (QED) is 0.596. The molecule has 0 aliphatic rings. The van der Waals surface area contributed by atoms with Crippen molar-refractivity contribution in [3.63, 3.8) is 0 Å². The molecule has 0 saturated carbocycles. The zero-order valence-electron chi connectivity index (χ0n) is 14.1. The first kappa shape index (κ1) is 16.8. The van der Waals surface area contributed by atoms with Gasteiger partial charge in [0.15, 0.2) is 0 Å². The summed E-state index contributed by atoms with van der Waals surface area (Å²) in [6.45, 7) is 7.72.